The predicted molar refractivity (Wildman–Crippen MR) is 140 cm³/mol. The predicted octanol–water partition coefficient (Wildman–Crippen LogP) is 6.23. The number of esters is 2. The molecule has 36 heavy (non-hydrogen) atoms. The molecule has 0 saturated heterocycles. The number of amides is 1. The van der Waals surface area contributed by atoms with Crippen LogP contribution in [-0.4, -0.2) is 31.1 Å². The third kappa shape index (κ3) is 9.94. The molecule has 2 rings (SSSR count). The van der Waals surface area contributed by atoms with E-state index < -0.39 is 11.9 Å². The highest BCUT2D eigenvalue weighted by atomic mass is 16.6. The first kappa shape index (κ1) is 28.6. The minimum Gasteiger partial charge on any atom is -0.463 e. The Bertz CT molecular complexity index is 1010. The molecule has 0 unspecified atom stereocenters. The van der Waals surface area contributed by atoms with Crippen LogP contribution in [0, 0.1) is 0 Å². The van der Waals surface area contributed by atoms with Crippen LogP contribution < -0.4 is 10.1 Å². The zero-order chi connectivity index (χ0) is 26.2. The second-order valence-electron chi connectivity index (χ2n) is 8.25. The first-order valence-corrected chi connectivity index (χ1v) is 12.7. The SMILES string of the molecule is CCCCCCCCc1ccc(C(=O)Nc2ccccc2O/C(=C\C(=O)OCC)C(=O)OCC)cc1. The summed E-state index contributed by atoms with van der Waals surface area (Å²) < 4.78 is 15.5. The number of aryl methyl sites for hydroxylation is 1. The van der Waals surface area contributed by atoms with Crippen molar-refractivity contribution in [2.45, 2.75) is 65.7 Å². The van der Waals surface area contributed by atoms with E-state index in [9.17, 15) is 14.4 Å². The van der Waals surface area contributed by atoms with Crippen molar-refractivity contribution >= 4 is 23.5 Å². The molecular formula is C29H37NO6. The van der Waals surface area contributed by atoms with Crippen LogP contribution in [0.15, 0.2) is 60.4 Å². The molecule has 2 aromatic carbocycles. The number of unbranched alkanes of at least 4 members (excludes halogenated alkanes) is 5. The molecule has 0 aliphatic carbocycles. The number of ether oxygens (including phenoxy) is 3. The second kappa shape index (κ2) is 16.1. The first-order valence-electron chi connectivity index (χ1n) is 12.7. The monoisotopic (exact) mass is 495 g/mol. The number of hydrogen-bond donors (Lipinski definition) is 1. The van der Waals surface area contributed by atoms with Crippen LogP contribution in [0.25, 0.3) is 0 Å². The number of nitrogens with one attached hydrogen (secondary N) is 1. The maximum absolute atomic E-state index is 12.9. The van der Waals surface area contributed by atoms with Gasteiger partial charge in [-0.15, -0.1) is 0 Å². The van der Waals surface area contributed by atoms with Gasteiger partial charge < -0.3 is 19.5 Å². The Labute approximate surface area is 213 Å². The molecular weight excluding hydrogens is 458 g/mol. The molecule has 194 valence electrons. The van der Waals surface area contributed by atoms with E-state index in [4.69, 9.17) is 14.2 Å². The number of carbonyl (C=O) groups is 3. The van der Waals surface area contributed by atoms with Crippen LogP contribution in [0.3, 0.4) is 0 Å². The van der Waals surface area contributed by atoms with E-state index in [1.54, 1.807) is 50.2 Å². The largest absolute Gasteiger partial charge is 0.463 e. The Kier molecular flexibility index (Phi) is 12.8. The Balaban J connectivity index is 2.05. The smallest absolute Gasteiger partial charge is 0.374 e. The summed E-state index contributed by atoms with van der Waals surface area (Å²) in [5, 5.41) is 2.81. The van der Waals surface area contributed by atoms with Crippen molar-refractivity contribution < 1.29 is 28.6 Å². The fourth-order valence-electron chi connectivity index (χ4n) is 3.53. The average Bonchev–Trinajstić information content (AvgIpc) is 2.87. The quantitative estimate of drug-likeness (QED) is 0.136. The summed E-state index contributed by atoms with van der Waals surface area (Å²) in [4.78, 5) is 37.1. The lowest BCUT2D eigenvalue weighted by Crippen LogP contribution is -2.17. The van der Waals surface area contributed by atoms with Crippen LogP contribution in [0.5, 0.6) is 5.75 Å². The molecule has 1 amide bonds. The first-order chi connectivity index (χ1) is 17.5. The highest BCUT2D eigenvalue weighted by molar-refractivity contribution is 6.05. The number of carbonyl (C=O) groups excluding carboxylic acids is 3. The number of anilines is 1. The third-order valence-corrected chi connectivity index (χ3v) is 5.40. The summed E-state index contributed by atoms with van der Waals surface area (Å²) in [5.41, 5.74) is 2.05. The Hall–Kier alpha value is -3.61. The normalized spacial score (nSPS) is 11.0. The van der Waals surface area contributed by atoms with Crippen molar-refractivity contribution in [3.8, 4) is 5.75 Å². The molecule has 7 heteroatoms. The van der Waals surface area contributed by atoms with Crippen molar-refractivity contribution in [3.05, 3.63) is 71.5 Å². The van der Waals surface area contributed by atoms with Gasteiger partial charge in [-0.25, -0.2) is 9.59 Å². The highest BCUT2D eigenvalue weighted by Gasteiger charge is 2.19. The zero-order valence-electron chi connectivity index (χ0n) is 21.5. The lowest BCUT2D eigenvalue weighted by atomic mass is 10.0. The molecule has 0 atom stereocenters. The maximum Gasteiger partial charge on any atom is 0.374 e. The van der Waals surface area contributed by atoms with E-state index >= 15 is 0 Å². The van der Waals surface area contributed by atoms with Gasteiger partial charge in [-0.3, -0.25) is 4.79 Å². The minimum absolute atomic E-state index is 0.107. The van der Waals surface area contributed by atoms with Gasteiger partial charge in [0, 0.05) is 5.56 Å². The fourth-order valence-corrected chi connectivity index (χ4v) is 3.53. The number of rotatable bonds is 15. The molecule has 1 N–H and O–H groups in total. The van der Waals surface area contributed by atoms with E-state index in [-0.39, 0.29) is 30.6 Å². The van der Waals surface area contributed by atoms with Crippen LogP contribution in [0.2, 0.25) is 0 Å². The molecule has 0 aromatic heterocycles. The lowest BCUT2D eigenvalue weighted by Gasteiger charge is -2.14. The van der Waals surface area contributed by atoms with Gasteiger partial charge in [-0.05, 0) is 56.5 Å². The van der Waals surface area contributed by atoms with Crippen LogP contribution in [-0.2, 0) is 25.5 Å². The Morgan fingerprint density at radius 3 is 2.17 bits per heavy atom. The van der Waals surface area contributed by atoms with E-state index in [0.29, 0.717) is 11.3 Å². The van der Waals surface area contributed by atoms with Crippen molar-refractivity contribution in [3.63, 3.8) is 0 Å². The van der Waals surface area contributed by atoms with E-state index in [1.807, 2.05) is 12.1 Å². The van der Waals surface area contributed by atoms with E-state index in [2.05, 4.69) is 12.2 Å². The molecule has 0 radical (unpaired) electrons. The van der Waals surface area contributed by atoms with Crippen molar-refractivity contribution in [2.75, 3.05) is 18.5 Å². The van der Waals surface area contributed by atoms with Gasteiger partial charge in [0.15, 0.2) is 5.75 Å². The van der Waals surface area contributed by atoms with Gasteiger partial charge in [0.05, 0.1) is 25.0 Å². The van der Waals surface area contributed by atoms with Crippen molar-refractivity contribution in [1.82, 2.24) is 0 Å². The maximum atomic E-state index is 12.9. The highest BCUT2D eigenvalue weighted by Crippen LogP contribution is 2.27. The molecule has 2 aromatic rings. The molecule has 0 saturated carbocycles. The lowest BCUT2D eigenvalue weighted by molar-refractivity contribution is -0.143. The van der Waals surface area contributed by atoms with E-state index in [0.717, 1.165) is 18.9 Å². The molecule has 0 fully saturated rings. The average molecular weight is 496 g/mol. The Morgan fingerprint density at radius 2 is 1.47 bits per heavy atom. The number of para-hydroxylation sites is 2. The summed E-state index contributed by atoms with van der Waals surface area (Å²) >= 11 is 0. The molecule has 7 nitrogen and oxygen atoms in total. The minimum atomic E-state index is -0.812. The van der Waals surface area contributed by atoms with E-state index in [1.165, 1.54) is 37.7 Å². The van der Waals surface area contributed by atoms with Crippen LogP contribution >= 0.6 is 0 Å². The molecule has 0 bridgehead atoms. The summed E-state index contributed by atoms with van der Waals surface area (Å²) in [7, 11) is 0. The summed E-state index contributed by atoms with van der Waals surface area (Å²) in [5.74, 6) is -2.01. The van der Waals surface area contributed by atoms with Crippen molar-refractivity contribution in [1.29, 1.82) is 0 Å². The number of hydrogen-bond acceptors (Lipinski definition) is 6. The zero-order valence-corrected chi connectivity index (χ0v) is 21.5. The van der Waals surface area contributed by atoms with Gasteiger partial charge in [-0.1, -0.05) is 63.3 Å². The standard InChI is InChI=1S/C29H37NO6/c1-4-7-8-9-10-11-14-22-17-19-23(20-18-22)28(32)30-24-15-12-13-16-25(24)36-26(29(33)35-6-3)21-27(31)34-5-2/h12-13,15-21H,4-11,14H2,1-3H3,(H,30,32)/b26-21-. The van der Waals surface area contributed by atoms with Crippen molar-refractivity contribution in [2.24, 2.45) is 0 Å². The number of benzene rings is 2. The van der Waals surface area contributed by atoms with Gasteiger partial charge >= 0.3 is 11.9 Å². The van der Waals surface area contributed by atoms with Gasteiger partial charge in [0.2, 0.25) is 5.76 Å². The summed E-state index contributed by atoms with van der Waals surface area (Å²) in [6.45, 7) is 5.77. The van der Waals surface area contributed by atoms with Crippen LogP contribution in [0.4, 0.5) is 5.69 Å². The molecule has 0 heterocycles. The second-order valence-corrected chi connectivity index (χ2v) is 8.25. The topological polar surface area (TPSA) is 90.9 Å². The third-order valence-electron chi connectivity index (χ3n) is 5.40. The van der Waals surface area contributed by atoms with Gasteiger partial charge in [0.25, 0.3) is 5.91 Å². The Morgan fingerprint density at radius 1 is 0.806 bits per heavy atom. The van der Waals surface area contributed by atoms with Gasteiger partial charge in [0.1, 0.15) is 0 Å². The molecule has 0 aliphatic heterocycles. The molecule has 0 aliphatic rings. The summed E-state index contributed by atoms with van der Waals surface area (Å²) in [6.07, 6.45) is 9.39. The fraction of sp³-hybridized carbons (Fsp3) is 0.414. The summed E-state index contributed by atoms with van der Waals surface area (Å²) in [6, 6.07) is 14.2. The van der Waals surface area contributed by atoms with Gasteiger partial charge in [-0.2, -0.15) is 0 Å². The molecule has 0 spiro atoms. The van der Waals surface area contributed by atoms with Crippen LogP contribution in [0.1, 0.15) is 75.2 Å².